The van der Waals surface area contributed by atoms with Gasteiger partial charge in [-0.2, -0.15) is 0 Å². The van der Waals surface area contributed by atoms with Crippen molar-refractivity contribution in [2.75, 3.05) is 19.8 Å². The predicted octanol–water partition coefficient (Wildman–Crippen LogP) is 8.31. The molecule has 0 fully saturated rings. The van der Waals surface area contributed by atoms with Crippen molar-refractivity contribution in [2.24, 2.45) is 5.92 Å². The summed E-state index contributed by atoms with van der Waals surface area (Å²) in [5.41, 5.74) is 3.06. The van der Waals surface area contributed by atoms with Gasteiger partial charge >= 0.3 is 5.97 Å². The Morgan fingerprint density at radius 3 is 2.34 bits per heavy atom. The Labute approximate surface area is 246 Å². The van der Waals surface area contributed by atoms with E-state index in [4.69, 9.17) is 14.2 Å². The molecule has 0 saturated heterocycles. The molecule has 1 aromatic carbocycles. The lowest BCUT2D eigenvalue weighted by Gasteiger charge is -2.44. The molecule has 5 nitrogen and oxygen atoms in total. The molecule has 1 aromatic rings. The smallest absolute Gasteiger partial charge is 0.330 e. The second-order valence-electron chi connectivity index (χ2n) is 9.93. The van der Waals surface area contributed by atoms with Gasteiger partial charge in [-0.3, -0.25) is 4.79 Å². The molecular formula is C36H46O5. The number of ether oxygens (including phenoxy) is 3. The van der Waals surface area contributed by atoms with Crippen LogP contribution in [0.25, 0.3) is 0 Å². The Hall–Kier alpha value is -3.86. The molecule has 0 bridgehead atoms. The van der Waals surface area contributed by atoms with Crippen LogP contribution in [0.15, 0.2) is 110 Å². The first-order valence-corrected chi connectivity index (χ1v) is 14.5. The van der Waals surface area contributed by atoms with Crippen molar-refractivity contribution < 1.29 is 23.8 Å². The molecule has 41 heavy (non-hydrogen) atoms. The minimum atomic E-state index is -0.465. The van der Waals surface area contributed by atoms with Crippen molar-refractivity contribution >= 4 is 11.8 Å². The van der Waals surface area contributed by atoms with Crippen LogP contribution in [0.5, 0.6) is 5.75 Å². The second-order valence-corrected chi connectivity index (χ2v) is 9.93. The summed E-state index contributed by atoms with van der Waals surface area (Å²) in [5, 5.41) is 0. The largest absolute Gasteiger partial charge is 0.494 e. The standard InChI is InChI=1S/C36H46O5/c1-7-12-15-29(9-3)36(28(6)14-8-2,30-17-21-33(22-18-30)39-25-13-16-32(37)10-4)31-19-23-34(24-20-31)40-26-27-41-35(38)11-5/h8-11,14,17,19-24,30H,4-7,12-13,15-16,18,25-27H2,1-3H3/b14-8-,29-9+. The van der Waals surface area contributed by atoms with Gasteiger partial charge in [0.05, 0.1) is 6.61 Å². The lowest BCUT2D eigenvalue weighted by molar-refractivity contribution is -0.138. The average Bonchev–Trinajstić information content (AvgIpc) is 3.00. The van der Waals surface area contributed by atoms with Gasteiger partial charge in [-0.05, 0) is 86.9 Å². The van der Waals surface area contributed by atoms with E-state index >= 15 is 0 Å². The topological polar surface area (TPSA) is 61.8 Å². The molecule has 0 amide bonds. The molecule has 0 saturated carbocycles. The number of benzene rings is 1. The van der Waals surface area contributed by atoms with Gasteiger partial charge in [-0.25, -0.2) is 4.79 Å². The third-order valence-electron chi connectivity index (χ3n) is 7.29. The molecule has 0 radical (unpaired) electrons. The monoisotopic (exact) mass is 558 g/mol. The molecular weight excluding hydrogens is 512 g/mol. The van der Waals surface area contributed by atoms with Gasteiger partial charge in [0.1, 0.15) is 24.7 Å². The first-order valence-electron chi connectivity index (χ1n) is 14.5. The molecule has 0 aliphatic heterocycles. The summed E-state index contributed by atoms with van der Waals surface area (Å²) in [6.45, 7) is 18.8. The van der Waals surface area contributed by atoms with Gasteiger partial charge in [0, 0.05) is 17.9 Å². The molecule has 0 aromatic heterocycles. The third kappa shape index (κ3) is 9.34. The van der Waals surface area contributed by atoms with Crippen LogP contribution in [0, 0.1) is 5.92 Å². The fourth-order valence-electron chi connectivity index (χ4n) is 5.28. The number of unbranched alkanes of at least 4 members (excludes halogenated alkanes) is 1. The maximum absolute atomic E-state index is 11.5. The maximum Gasteiger partial charge on any atom is 0.330 e. The molecule has 1 aliphatic rings. The van der Waals surface area contributed by atoms with E-state index in [-0.39, 0.29) is 24.9 Å². The van der Waals surface area contributed by atoms with E-state index in [1.165, 1.54) is 11.6 Å². The second kappa shape index (κ2) is 17.8. The van der Waals surface area contributed by atoms with Crippen molar-refractivity contribution in [1.29, 1.82) is 0 Å². The summed E-state index contributed by atoms with van der Waals surface area (Å²) >= 11 is 0. The lowest BCUT2D eigenvalue weighted by Crippen LogP contribution is -2.38. The van der Waals surface area contributed by atoms with Crippen molar-refractivity contribution in [3.05, 3.63) is 115 Å². The predicted molar refractivity (Wildman–Crippen MR) is 168 cm³/mol. The van der Waals surface area contributed by atoms with Crippen LogP contribution >= 0.6 is 0 Å². The highest BCUT2D eigenvalue weighted by atomic mass is 16.6. The molecule has 220 valence electrons. The highest BCUT2D eigenvalue weighted by molar-refractivity contribution is 5.88. The highest BCUT2D eigenvalue weighted by Gasteiger charge is 2.43. The molecule has 2 atom stereocenters. The van der Waals surface area contributed by atoms with E-state index in [0.717, 1.165) is 48.7 Å². The molecule has 2 unspecified atom stereocenters. The van der Waals surface area contributed by atoms with Crippen LogP contribution < -0.4 is 4.74 Å². The first-order chi connectivity index (χ1) is 19.9. The van der Waals surface area contributed by atoms with Gasteiger partial charge in [-0.1, -0.05) is 75.1 Å². The van der Waals surface area contributed by atoms with E-state index in [2.05, 4.69) is 76.1 Å². The number of ketones is 1. The Kier molecular flexibility index (Phi) is 14.4. The number of carbonyl (C=O) groups excluding carboxylic acids is 2. The number of rotatable bonds is 19. The van der Waals surface area contributed by atoms with Crippen LogP contribution in [0.1, 0.15) is 64.9 Å². The number of esters is 1. The quantitative estimate of drug-likeness (QED) is 0.0562. The summed E-state index contributed by atoms with van der Waals surface area (Å²) in [4.78, 5) is 22.8. The van der Waals surface area contributed by atoms with E-state index in [1.807, 2.05) is 25.1 Å². The third-order valence-corrected chi connectivity index (χ3v) is 7.29. The summed E-state index contributed by atoms with van der Waals surface area (Å²) in [7, 11) is 0. The normalized spacial score (nSPS) is 16.4. The van der Waals surface area contributed by atoms with Crippen LogP contribution in [0.4, 0.5) is 0 Å². The zero-order valence-electron chi connectivity index (χ0n) is 25.0. The van der Waals surface area contributed by atoms with Crippen LogP contribution in [0.2, 0.25) is 0 Å². The summed E-state index contributed by atoms with van der Waals surface area (Å²) in [5.74, 6) is 1.22. The fourth-order valence-corrected chi connectivity index (χ4v) is 5.28. The van der Waals surface area contributed by atoms with Gasteiger partial charge in [0.25, 0.3) is 0 Å². The Bertz CT molecular complexity index is 1160. The van der Waals surface area contributed by atoms with Gasteiger partial charge in [-0.15, -0.1) is 0 Å². The first kappa shape index (κ1) is 33.3. The Balaban J connectivity index is 2.38. The zero-order chi connectivity index (χ0) is 30.1. The molecule has 2 rings (SSSR count). The minimum Gasteiger partial charge on any atom is -0.494 e. The summed E-state index contributed by atoms with van der Waals surface area (Å²) in [6.07, 6.45) is 20.4. The van der Waals surface area contributed by atoms with Crippen LogP contribution in [-0.2, 0) is 24.5 Å². The van der Waals surface area contributed by atoms with Crippen molar-refractivity contribution in [2.45, 2.75) is 64.7 Å². The number of hydrogen-bond acceptors (Lipinski definition) is 5. The SMILES string of the molecule is C=CC(=O)CCCOC1=CCC(C(C(=C)/C=C\C)(/C(=C/C)CCCC)c2ccc(OCCOC(=O)C=C)cc2)C=C1. The van der Waals surface area contributed by atoms with E-state index in [9.17, 15) is 9.59 Å². The fraction of sp³-hybridized carbons (Fsp3) is 0.389. The number of carbonyl (C=O) groups is 2. The molecule has 1 aliphatic carbocycles. The maximum atomic E-state index is 11.5. The van der Waals surface area contributed by atoms with Gasteiger partial charge < -0.3 is 14.2 Å². The number of hydrogen-bond donors (Lipinski definition) is 0. The summed E-state index contributed by atoms with van der Waals surface area (Å²) < 4.78 is 16.8. The van der Waals surface area contributed by atoms with Gasteiger partial charge in [0.2, 0.25) is 0 Å². The molecule has 0 N–H and O–H groups in total. The zero-order valence-corrected chi connectivity index (χ0v) is 25.0. The Morgan fingerprint density at radius 1 is 1.00 bits per heavy atom. The average molecular weight is 559 g/mol. The van der Waals surface area contributed by atoms with Gasteiger partial charge in [0.15, 0.2) is 5.78 Å². The van der Waals surface area contributed by atoms with E-state index in [0.29, 0.717) is 25.2 Å². The van der Waals surface area contributed by atoms with Crippen LogP contribution in [-0.4, -0.2) is 31.6 Å². The number of allylic oxidation sites excluding steroid dienone is 9. The molecule has 5 heteroatoms. The Morgan fingerprint density at radius 2 is 1.76 bits per heavy atom. The van der Waals surface area contributed by atoms with Crippen LogP contribution in [0.3, 0.4) is 0 Å². The van der Waals surface area contributed by atoms with Crippen molar-refractivity contribution in [1.82, 2.24) is 0 Å². The minimum absolute atomic E-state index is 0.0348. The summed E-state index contributed by atoms with van der Waals surface area (Å²) in [6, 6.07) is 8.18. The van der Waals surface area contributed by atoms with E-state index in [1.54, 1.807) is 0 Å². The lowest BCUT2D eigenvalue weighted by atomic mass is 9.58. The highest BCUT2D eigenvalue weighted by Crippen LogP contribution is 2.50. The van der Waals surface area contributed by atoms with Crippen molar-refractivity contribution in [3.8, 4) is 5.75 Å². The van der Waals surface area contributed by atoms with E-state index < -0.39 is 11.4 Å². The molecule has 0 spiro atoms. The molecule has 0 heterocycles. The van der Waals surface area contributed by atoms with Crippen molar-refractivity contribution in [3.63, 3.8) is 0 Å².